The van der Waals surface area contributed by atoms with E-state index in [1.54, 1.807) is 0 Å². The van der Waals surface area contributed by atoms with Crippen LogP contribution in [0.15, 0.2) is 24.3 Å². The normalized spacial score (nSPS) is 14.1. The maximum Gasteiger partial charge on any atom is 0.249 e. The molecule has 0 rings (SSSR count). The lowest BCUT2D eigenvalue weighted by molar-refractivity contribution is -0.132. The van der Waals surface area contributed by atoms with E-state index < -0.39 is 36.9 Å². The molecule has 4 unspecified atom stereocenters. The Balaban J connectivity index is 3.48. The molecule has 0 heterocycles. The molecule has 6 heteroatoms. The molecule has 0 aliphatic rings. The Bertz CT molecular complexity index is 893. The van der Waals surface area contributed by atoms with Gasteiger partial charge in [-0.1, -0.05) is 256 Å². The molecule has 0 aromatic heterocycles. The van der Waals surface area contributed by atoms with Crippen molar-refractivity contribution in [3.63, 3.8) is 0 Å². The van der Waals surface area contributed by atoms with Gasteiger partial charge in [-0.05, 0) is 44.9 Å². The van der Waals surface area contributed by atoms with E-state index in [2.05, 4.69) is 43.5 Å². The summed E-state index contributed by atoms with van der Waals surface area (Å²) in [5.74, 6) is -0.585. The standard InChI is InChI=1S/C53H103NO5/c1-3-5-7-9-11-12-13-14-15-16-17-18-19-20-21-22-23-24-25-26-27-28-29-30-31-32-33-34-35-36-37-38-39-41-43-45-47-51(57)53(59)54-49(48-55)52(58)50(56)46-44-42-40-10-8-6-4-2/h21-22,24-25,49-52,55-58H,3-20,23,26-48H2,1-2H3,(H,54,59)/b22-21-,25-24-. The van der Waals surface area contributed by atoms with Gasteiger partial charge in [0.2, 0.25) is 5.91 Å². The lowest BCUT2D eigenvalue weighted by Crippen LogP contribution is -2.53. The van der Waals surface area contributed by atoms with E-state index in [1.807, 2.05) is 0 Å². The first kappa shape index (κ1) is 57.8. The maximum atomic E-state index is 12.5. The SMILES string of the molecule is CCCCCCCCCCCCCCC/C=C\C/C=C\CCCCCCCCCCCCCCCCCCC(O)C(=O)NC(CO)C(O)C(O)CCCCCCCCC. The summed E-state index contributed by atoms with van der Waals surface area (Å²) in [5, 5.41) is 43.4. The van der Waals surface area contributed by atoms with Gasteiger partial charge in [-0.15, -0.1) is 0 Å². The average Bonchev–Trinajstić information content (AvgIpc) is 3.24. The van der Waals surface area contributed by atoms with Gasteiger partial charge in [-0.2, -0.15) is 0 Å². The Kier molecular flexibility index (Phi) is 46.9. The van der Waals surface area contributed by atoms with Crippen molar-refractivity contribution in [2.75, 3.05) is 6.61 Å². The molecule has 0 fully saturated rings. The van der Waals surface area contributed by atoms with Gasteiger partial charge in [0.1, 0.15) is 12.2 Å². The number of hydrogen-bond donors (Lipinski definition) is 5. The monoisotopic (exact) mass is 834 g/mol. The molecule has 0 aromatic carbocycles. The molecular weight excluding hydrogens is 731 g/mol. The van der Waals surface area contributed by atoms with E-state index in [1.165, 1.54) is 205 Å². The van der Waals surface area contributed by atoms with Crippen LogP contribution in [0.4, 0.5) is 0 Å². The molecule has 0 saturated carbocycles. The number of aliphatic hydroxyl groups is 4. The van der Waals surface area contributed by atoms with Crippen molar-refractivity contribution in [3.05, 3.63) is 24.3 Å². The molecule has 1 amide bonds. The molecule has 0 aromatic rings. The summed E-state index contributed by atoms with van der Waals surface area (Å²) in [6.07, 6.45) is 57.2. The third-order valence-corrected chi connectivity index (χ3v) is 12.4. The summed E-state index contributed by atoms with van der Waals surface area (Å²) in [6, 6.07) is -0.981. The second-order valence-electron chi connectivity index (χ2n) is 18.2. The minimum atomic E-state index is -1.25. The van der Waals surface area contributed by atoms with Crippen LogP contribution in [0.25, 0.3) is 0 Å². The van der Waals surface area contributed by atoms with E-state index in [4.69, 9.17) is 0 Å². The smallest absolute Gasteiger partial charge is 0.249 e. The van der Waals surface area contributed by atoms with E-state index in [0.717, 1.165) is 44.9 Å². The minimum Gasteiger partial charge on any atom is -0.394 e. The highest BCUT2D eigenvalue weighted by Gasteiger charge is 2.28. The Morgan fingerprint density at radius 2 is 0.729 bits per heavy atom. The highest BCUT2D eigenvalue weighted by molar-refractivity contribution is 5.80. The van der Waals surface area contributed by atoms with Gasteiger partial charge in [0.25, 0.3) is 0 Å². The van der Waals surface area contributed by atoms with Gasteiger partial charge in [0.15, 0.2) is 0 Å². The van der Waals surface area contributed by atoms with E-state index >= 15 is 0 Å². The largest absolute Gasteiger partial charge is 0.394 e. The Labute approximate surface area is 367 Å². The fourth-order valence-electron chi connectivity index (χ4n) is 8.26. The Morgan fingerprint density at radius 3 is 1.07 bits per heavy atom. The van der Waals surface area contributed by atoms with Crippen LogP contribution < -0.4 is 5.32 Å². The predicted octanol–water partition coefficient (Wildman–Crippen LogP) is 14.7. The molecular formula is C53H103NO5. The highest BCUT2D eigenvalue weighted by Crippen LogP contribution is 2.17. The van der Waals surface area contributed by atoms with Crippen LogP contribution in [0.3, 0.4) is 0 Å². The Morgan fingerprint density at radius 1 is 0.424 bits per heavy atom. The van der Waals surface area contributed by atoms with Gasteiger partial charge >= 0.3 is 0 Å². The van der Waals surface area contributed by atoms with Crippen LogP contribution >= 0.6 is 0 Å². The summed E-state index contributed by atoms with van der Waals surface area (Å²) in [6.45, 7) is 4.01. The highest BCUT2D eigenvalue weighted by atomic mass is 16.3. The zero-order chi connectivity index (χ0) is 43.1. The van der Waals surface area contributed by atoms with Crippen molar-refractivity contribution < 1.29 is 25.2 Å². The molecule has 6 nitrogen and oxygen atoms in total. The zero-order valence-corrected chi connectivity index (χ0v) is 39.5. The summed E-state index contributed by atoms with van der Waals surface area (Å²) in [7, 11) is 0. The number of aliphatic hydroxyl groups excluding tert-OH is 4. The molecule has 0 aliphatic heterocycles. The number of carbonyl (C=O) groups is 1. The van der Waals surface area contributed by atoms with Gasteiger partial charge in [0, 0.05) is 0 Å². The van der Waals surface area contributed by atoms with Crippen LogP contribution in [-0.2, 0) is 4.79 Å². The first-order chi connectivity index (χ1) is 29.0. The van der Waals surface area contributed by atoms with E-state index in [9.17, 15) is 25.2 Å². The molecule has 0 radical (unpaired) electrons. The third-order valence-electron chi connectivity index (χ3n) is 12.4. The van der Waals surface area contributed by atoms with Crippen molar-refractivity contribution >= 4 is 5.91 Å². The molecule has 0 bridgehead atoms. The number of hydrogen-bond acceptors (Lipinski definition) is 5. The fraction of sp³-hybridized carbons (Fsp3) is 0.906. The van der Waals surface area contributed by atoms with Crippen LogP contribution in [0, 0.1) is 0 Å². The second-order valence-corrected chi connectivity index (χ2v) is 18.2. The Hall–Kier alpha value is -1.21. The molecule has 350 valence electrons. The predicted molar refractivity (Wildman–Crippen MR) is 256 cm³/mol. The summed E-state index contributed by atoms with van der Waals surface area (Å²) in [5.41, 5.74) is 0. The zero-order valence-electron chi connectivity index (χ0n) is 39.5. The van der Waals surface area contributed by atoms with Crippen LogP contribution in [0.1, 0.15) is 277 Å². The van der Waals surface area contributed by atoms with Gasteiger partial charge in [0.05, 0.1) is 18.8 Å². The third kappa shape index (κ3) is 41.9. The summed E-state index contributed by atoms with van der Waals surface area (Å²) >= 11 is 0. The number of unbranched alkanes of at least 4 members (excludes halogenated alkanes) is 35. The van der Waals surface area contributed by atoms with Crippen LogP contribution in [-0.4, -0.2) is 57.3 Å². The van der Waals surface area contributed by atoms with Crippen LogP contribution in [0.2, 0.25) is 0 Å². The van der Waals surface area contributed by atoms with Gasteiger partial charge in [-0.3, -0.25) is 4.79 Å². The summed E-state index contributed by atoms with van der Waals surface area (Å²) in [4.78, 5) is 12.5. The van der Waals surface area contributed by atoms with Gasteiger partial charge in [-0.25, -0.2) is 0 Å². The van der Waals surface area contributed by atoms with Crippen molar-refractivity contribution in [2.24, 2.45) is 0 Å². The molecule has 0 spiro atoms. The summed E-state index contributed by atoms with van der Waals surface area (Å²) < 4.78 is 0. The maximum absolute atomic E-state index is 12.5. The number of allylic oxidation sites excluding steroid dienone is 4. The lowest BCUT2D eigenvalue weighted by Gasteiger charge is -2.27. The van der Waals surface area contributed by atoms with Crippen molar-refractivity contribution in [3.8, 4) is 0 Å². The molecule has 0 saturated heterocycles. The van der Waals surface area contributed by atoms with E-state index in [-0.39, 0.29) is 0 Å². The number of carbonyl (C=O) groups excluding carboxylic acids is 1. The van der Waals surface area contributed by atoms with Crippen molar-refractivity contribution in [2.45, 2.75) is 301 Å². The first-order valence-corrected chi connectivity index (χ1v) is 26.2. The number of amides is 1. The quantitative estimate of drug-likeness (QED) is 0.0310. The van der Waals surface area contributed by atoms with E-state index in [0.29, 0.717) is 12.8 Å². The average molecular weight is 834 g/mol. The molecule has 59 heavy (non-hydrogen) atoms. The molecule has 5 N–H and O–H groups in total. The molecule has 4 atom stereocenters. The van der Waals surface area contributed by atoms with Crippen LogP contribution in [0.5, 0.6) is 0 Å². The number of nitrogens with one attached hydrogen (secondary N) is 1. The second kappa shape index (κ2) is 47.8. The fourth-order valence-corrected chi connectivity index (χ4v) is 8.26. The van der Waals surface area contributed by atoms with Gasteiger partial charge < -0.3 is 25.7 Å². The topological polar surface area (TPSA) is 110 Å². The number of rotatable bonds is 48. The first-order valence-electron chi connectivity index (χ1n) is 26.2. The lowest BCUT2D eigenvalue weighted by atomic mass is 9.99. The minimum absolute atomic E-state index is 0.371. The van der Waals surface area contributed by atoms with Crippen molar-refractivity contribution in [1.82, 2.24) is 5.32 Å². The molecule has 0 aliphatic carbocycles. The van der Waals surface area contributed by atoms with Crippen molar-refractivity contribution in [1.29, 1.82) is 0 Å².